The summed E-state index contributed by atoms with van der Waals surface area (Å²) in [7, 11) is 0. The molecule has 0 fully saturated rings. The van der Waals surface area contributed by atoms with Crippen LogP contribution >= 0.6 is 0 Å². The highest BCUT2D eigenvalue weighted by atomic mass is 16.5. The Kier molecular flexibility index (Phi) is 6.87. The zero-order chi connectivity index (χ0) is 25.8. The van der Waals surface area contributed by atoms with E-state index < -0.39 is 0 Å². The van der Waals surface area contributed by atoms with E-state index in [9.17, 15) is 4.79 Å². The number of anilines is 2. The minimum Gasteiger partial charge on any atom is -0.484 e. The third-order valence-corrected chi connectivity index (χ3v) is 5.89. The molecule has 4 aromatic rings. The Morgan fingerprint density at radius 3 is 2.65 bits per heavy atom. The highest BCUT2D eigenvalue weighted by Crippen LogP contribution is 2.29. The smallest absolute Gasteiger partial charge is 0.258 e. The van der Waals surface area contributed by atoms with Crippen LogP contribution in [0.1, 0.15) is 32.0 Å². The minimum absolute atomic E-state index is 0.0565. The topological polar surface area (TPSA) is 117 Å². The molecule has 1 aliphatic heterocycles. The molecule has 9 heteroatoms. The normalized spacial score (nSPS) is 13.1. The molecular weight excluding hydrogens is 466 g/mol. The molecule has 0 saturated heterocycles. The van der Waals surface area contributed by atoms with Crippen LogP contribution in [0.15, 0.2) is 60.9 Å². The van der Waals surface area contributed by atoms with E-state index in [-0.39, 0.29) is 18.1 Å². The molecule has 190 valence electrons. The van der Waals surface area contributed by atoms with E-state index in [2.05, 4.69) is 38.3 Å². The van der Waals surface area contributed by atoms with Gasteiger partial charge in [-0.1, -0.05) is 24.3 Å². The summed E-state index contributed by atoms with van der Waals surface area (Å²) in [6.07, 6.45) is 4.49. The molecular formula is C28H31N7O2. The maximum Gasteiger partial charge on any atom is 0.258 e. The lowest BCUT2D eigenvalue weighted by atomic mass is 10.1. The van der Waals surface area contributed by atoms with Crippen LogP contribution in [-0.2, 0) is 17.8 Å². The van der Waals surface area contributed by atoms with Gasteiger partial charge in [-0.25, -0.2) is 9.97 Å². The van der Waals surface area contributed by atoms with Gasteiger partial charge in [0.15, 0.2) is 12.4 Å². The monoisotopic (exact) mass is 497 g/mol. The number of nitrogens with one attached hydrogen (secondary N) is 4. The Morgan fingerprint density at radius 2 is 1.89 bits per heavy atom. The predicted octanol–water partition coefficient (Wildman–Crippen LogP) is 4.22. The van der Waals surface area contributed by atoms with E-state index in [1.807, 2.05) is 63.4 Å². The number of amides is 1. The third-order valence-electron chi connectivity index (χ3n) is 5.89. The Morgan fingerprint density at radius 1 is 1.05 bits per heavy atom. The molecule has 1 aliphatic rings. The first-order valence-corrected chi connectivity index (χ1v) is 12.3. The number of benzene rings is 2. The van der Waals surface area contributed by atoms with Crippen LogP contribution in [0.3, 0.4) is 0 Å². The maximum atomic E-state index is 12.2. The van der Waals surface area contributed by atoms with Crippen molar-refractivity contribution in [1.82, 2.24) is 30.8 Å². The maximum absolute atomic E-state index is 12.2. The second kappa shape index (κ2) is 10.4. The lowest BCUT2D eigenvalue weighted by Crippen LogP contribution is -2.43. The average molecular weight is 498 g/mol. The second-order valence-corrected chi connectivity index (χ2v) is 10.1. The molecule has 4 N–H and O–H groups in total. The van der Waals surface area contributed by atoms with E-state index in [0.717, 1.165) is 52.4 Å². The Labute approximate surface area is 216 Å². The lowest BCUT2D eigenvalue weighted by molar-refractivity contribution is -0.124. The van der Waals surface area contributed by atoms with Crippen molar-refractivity contribution < 1.29 is 9.53 Å². The second-order valence-electron chi connectivity index (χ2n) is 10.1. The van der Waals surface area contributed by atoms with Gasteiger partial charge in [0.25, 0.3) is 5.91 Å². The van der Waals surface area contributed by atoms with Crippen LogP contribution in [0.25, 0.3) is 22.5 Å². The van der Waals surface area contributed by atoms with Gasteiger partial charge in [-0.05, 0) is 50.6 Å². The summed E-state index contributed by atoms with van der Waals surface area (Å²) in [5.74, 6) is 1.82. The lowest BCUT2D eigenvalue weighted by Gasteiger charge is -2.21. The van der Waals surface area contributed by atoms with Gasteiger partial charge in [0.2, 0.25) is 0 Å². The van der Waals surface area contributed by atoms with Crippen molar-refractivity contribution >= 4 is 17.4 Å². The van der Waals surface area contributed by atoms with Crippen molar-refractivity contribution in [1.29, 1.82) is 0 Å². The fourth-order valence-corrected chi connectivity index (χ4v) is 4.20. The fraction of sp³-hybridized carbons (Fsp3) is 0.286. The summed E-state index contributed by atoms with van der Waals surface area (Å²) in [5.41, 5.74) is 5.67. The molecule has 0 bridgehead atoms. The van der Waals surface area contributed by atoms with E-state index >= 15 is 0 Å². The van der Waals surface area contributed by atoms with Crippen molar-refractivity contribution in [2.24, 2.45) is 0 Å². The number of hydrogen-bond donors (Lipinski definition) is 4. The molecule has 0 unspecified atom stereocenters. The number of rotatable bonds is 7. The van der Waals surface area contributed by atoms with Gasteiger partial charge in [-0.2, -0.15) is 5.10 Å². The third kappa shape index (κ3) is 6.13. The summed E-state index contributed by atoms with van der Waals surface area (Å²) in [6, 6.07) is 15.7. The molecule has 9 nitrogen and oxygen atoms in total. The molecule has 0 aliphatic carbocycles. The van der Waals surface area contributed by atoms with Crippen LogP contribution in [-0.4, -0.2) is 44.8 Å². The van der Waals surface area contributed by atoms with E-state index in [4.69, 9.17) is 14.7 Å². The van der Waals surface area contributed by atoms with Gasteiger partial charge < -0.3 is 20.7 Å². The quantitative estimate of drug-likeness (QED) is 0.302. The highest BCUT2D eigenvalue weighted by Gasteiger charge is 2.19. The van der Waals surface area contributed by atoms with Crippen molar-refractivity contribution in [2.75, 3.05) is 18.5 Å². The molecule has 5 rings (SSSR count). The van der Waals surface area contributed by atoms with Crippen molar-refractivity contribution in [3.63, 3.8) is 0 Å². The first-order chi connectivity index (χ1) is 17.8. The number of carbonyl (C=O) groups is 1. The van der Waals surface area contributed by atoms with Crippen LogP contribution in [0, 0.1) is 0 Å². The number of ether oxygens (including phenoxy) is 1. The van der Waals surface area contributed by atoms with E-state index in [0.29, 0.717) is 18.1 Å². The highest BCUT2D eigenvalue weighted by molar-refractivity contribution is 5.78. The number of fused-ring (bicyclic) bond motifs is 1. The molecule has 0 atom stereocenters. The summed E-state index contributed by atoms with van der Waals surface area (Å²) in [5, 5.41) is 16.7. The van der Waals surface area contributed by atoms with Crippen LogP contribution in [0.5, 0.6) is 5.75 Å². The van der Waals surface area contributed by atoms with Crippen LogP contribution < -0.4 is 20.7 Å². The molecule has 0 spiro atoms. The first-order valence-electron chi connectivity index (χ1n) is 12.3. The molecule has 0 saturated carbocycles. The van der Waals surface area contributed by atoms with E-state index in [1.54, 1.807) is 6.20 Å². The molecule has 0 radical (unpaired) electrons. The molecule has 3 heterocycles. The Hall–Kier alpha value is -4.24. The number of nitrogens with zero attached hydrogens (tertiary/aromatic N) is 3. The van der Waals surface area contributed by atoms with Crippen LogP contribution in [0.4, 0.5) is 11.5 Å². The molecule has 1 amide bonds. The number of carbonyl (C=O) groups excluding carboxylic acids is 1. The summed E-state index contributed by atoms with van der Waals surface area (Å²) in [6.45, 7) is 7.33. The van der Waals surface area contributed by atoms with Gasteiger partial charge >= 0.3 is 0 Å². The van der Waals surface area contributed by atoms with Gasteiger partial charge in [0.05, 0.1) is 11.9 Å². The Bertz CT molecular complexity index is 1380. The summed E-state index contributed by atoms with van der Waals surface area (Å²) in [4.78, 5) is 22.0. The van der Waals surface area contributed by atoms with Crippen molar-refractivity contribution in [3.05, 3.63) is 72.2 Å². The van der Waals surface area contributed by atoms with Gasteiger partial charge in [0.1, 0.15) is 11.6 Å². The van der Waals surface area contributed by atoms with E-state index in [1.165, 1.54) is 0 Å². The number of hydrogen-bond acceptors (Lipinski definition) is 7. The van der Waals surface area contributed by atoms with Crippen molar-refractivity contribution in [2.45, 2.75) is 39.3 Å². The predicted molar refractivity (Wildman–Crippen MR) is 144 cm³/mol. The first kappa shape index (κ1) is 24.5. The Balaban J connectivity index is 1.38. The largest absolute Gasteiger partial charge is 0.484 e. The summed E-state index contributed by atoms with van der Waals surface area (Å²) >= 11 is 0. The van der Waals surface area contributed by atoms with Gasteiger partial charge in [-0.15, -0.1) is 0 Å². The molecule has 37 heavy (non-hydrogen) atoms. The number of H-pyrrole nitrogens is 1. The fourth-order valence-electron chi connectivity index (χ4n) is 4.20. The van der Waals surface area contributed by atoms with Gasteiger partial charge in [0, 0.05) is 53.6 Å². The number of aromatic nitrogens is 4. The molecule has 2 aromatic heterocycles. The van der Waals surface area contributed by atoms with Crippen molar-refractivity contribution in [3.8, 4) is 28.3 Å². The summed E-state index contributed by atoms with van der Waals surface area (Å²) < 4.78 is 5.76. The average Bonchev–Trinajstić information content (AvgIpc) is 3.42. The van der Waals surface area contributed by atoms with Gasteiger partial charge in [-0.3, -0.25) is 9.89 Å². The number of aromatic amines is 1. The molecule has 2 aromatic carbocycles. The van der Waals surface area contributed by atoms with Crippen LogP contribution in [0.2, 0.25) is 0 Å². The SMILES string of the molecule is CC(C)(C)NC(=O)COc1cccc(-c2nc3c(c(Nc4ccc(-c5cn[nH]c5)cc4)n2)CNCC3)c1. The standard InChI is InChI=1S/C28H31N7O2/c1-28(2,3)35-25(36)17-37-22-6-4-5-19(13-22)26-33-24-11-12-29-16-23(24)27(34-26)32-21-9-7-18(8-10-21)20-14-30-31-15-20/h4-10,13-15,29H,11-12,16-17H2,1-3H3,(H,30,31)(H,35,36)(H,32,33,34). The zero-order valence-electron chi connectivity index (χ0n) is 21.3. The zero-order valence-corrected chi connectivity index (χ0v) is 21.3. The minimum atomic E-state index is -0.308.